The number of unbranched alkanes of at least 4 members (excludes halogenated alkanes) is 4. The summed E-state index contributed by atoms with van der Waals surface area (Å²) in [5.74, 6) is 1.03. The molecule has 35 heavy (non-hydrogen) atoms. The number of ether oxygens (including phenoxy) is 3. The predicted octanol–water partition coefficient (Wildman–Crippen LogP) is 5.95. The van der Waals surface area contributed by atoms with Crippen LogP contribution in [0.5, 0.6) is 17.2 Å². The molecule has 0 aliphatic carbocycles. The first-order chi connectivity index (χ1) is 17.0. The molecule has 0 heterocycles. The molecule has 8 nitrogen and oxygen atoms in total. The maximum absolute atomic E-state index is 13.2. The Morgan fingerprint density at radius 3 is 2.29 bits per heavy atom. The van der Waals surface area contributed by atoms with Crippen LogP contribution >= 0.6 is 0 Å². The molecule has 0 radical (unpaired) electrons. The van der Waals surface area contributed by atoms with E-state index in [1.54, 1.807) is 37.3 Å². The quantitative estimate of drug-likeness (QED) is 0.285. The van der Waals surface area contributed by atoms with Crippen LogP contribution in [0.25, 0.3) is 0 Å². The Bertz CT molecular complexity index is 916. The number of carbonyl (C=O) groups excluding carboxylic acids is 1. The number of nitrogens with one attached hydrogen (secondary N) is 1. The molecule has 0 saturated carbocycles. The zero-order valence-electron chi connectivity index (χ0n) is 21.0. The van der Waals surface area contributed by atoms with E-state index in [1.807, 2.05) is 24.3 Å². The van der Waals surface area contributed by atoms with Crippen molar-refractivity contribution < 1.29 is 28.9 Å². The standard InChI is InChI=1S/C27H38N2O6/c1-4-5-6-7-8-17-29(27(32)28-24-16-15-23(33-2)19-25(24)34-3)20-21-11-13-22(14-12-21)35-18-9-10-26(30)31/h11-16,19H,4-10,17-18,20H2,1-3H3,(H,28,32)(H,30,31). The smallest absolute Gasteiger partial charge is 0.322 e. The molecule has 2 rings (SSSR count). The maximum Gasteiger partial charge on any atom is 0.322 e. The summed E-state index contributed by atoms with van der Waals surface area (Å²) in [6.07, 6.45) is 6.07. The minimum absolute atomic E-state index is 0.0827. The minimum Gasteiger partial charge on any atom is -0.497 e. The molecule has 0 saturated heterocycles. The molecule has 0 aromatic heterocycles. The van der Waals surface area contributed by atoms with E-state index in [-0.39, 0.29) is 12.5 Å². The van der Waals surface area contributed by atoms with Crippen LogP contribution in [0.15, 0.2) is 42.5 Å². The number of carbonyl (C=O) groups is 2. The monoisotopic (exact) mass is 486 g/mol. The van der Waals surface area contributed by atoms with Gasteiger partial charge in [-0.1, -0.05) is 44.7 Å². The van der Waals surface area contributed by atoms with Gasteiger partial charge in [-0.2, -0.15) is 0 Å². The van der Waals surface area contributed by atoms with Crippen molar-refractivity contribution in [1.82, 2.24) is 4.90 Å². The Hall–Kier alpha value is -3.42. The van der Waals surface area contributed by atoms with Gasteiger partial charge in [0.2, 0.25) is 0 Å². The molecule has 2 N–H and O–H groups in total. The molecule has 0 bridgehead atoms. The van der Waals surface area contributed by atoms with Crippen LogP contribution in [0.3, 0.4) is 0 Å². The average Bonchev–Trinajstić information content (AvgIpc) is 2.86. The van der Waals surface area contributed by atoms with Crippen molar-refractivity contribution in [3.63, 3.8) is 0 Å². The van der Waals surface area contributed by atoms with Crippen molar-refractivity contribution in [2.45, 2.75) is 58.4 Å². The highest BCUT2D eigenvalue weighted by Crippen LogP contribution is 2.29. The molecule has 2 amide bonds. The third kappa shape index (κ3) is 10.2. The van der Waals surface area contributed by atoms with Gasteiger partial charge < -0.3 is 29.5 Å². The lowest BCUT2D eigenvalue weighted by atomic mass is 10.1. The second-order valence-electron chi connectivity index (χ2n) is 8.32. The fourth-order valence-corrected chi connectivity index (χ4v) is 3.58. The lowest BCUT2D eigenvalue weighted by molar-refractivity contribution is -0.137. The van der Waals surface area contributed by atoms with Gasteiger partial charge in [0.25, 0.3) is 0 Å². The number of methoxy groups -OCH3 is 2. The van der Waals surface area contributed by atoms with Crippen LogP contribution in [0.2, 0.25) is 0 Å². The first kappa shape index (κ1) is 27.8. The largest absolute Gasteiger partial charge is 0.497 e. The van der Waals surface area contributed by atoms with Crippen molar-refractivity contribution in [1.29, 1.82) is 0 Å². The highest BCUT2D eigenvalue weighted by atomic mass is 16.5. The number of hydrogen-bond donors (Lipinski definition) is 2. The topological polar surface area (TPSA) is 97.3 Å². The fourth-order valence-electron chi connectivity index (χ4n) is 3.58. The van der Waals surface area contributed by atoms with Gasteiger partial charge in [0.1, 0.15) is 17.2 Å². The molecule has 0 aliphatic heterocycles. The summed E-state index contributed by atoms with van der Waals surface area (Å²) in [5.41, 5.74) is 1.56. The third-order valence-electron chi connectivity index (χ3n) is 5.57. The second kappa shape index (κ2) is 15.5. The lowest BCUT2D eigenvalue weighted by Crippen LogP contribution is -2.35. The zero-order valence-corrected chi connectivity index (χ0v) is 21.0. The van der Waals surface area contributed by atoms with E-state index in [0.29, 0.717) is 49.1 Å². The summed E-state index contributed by atoms with van der Waals surface area (Å²) >= 11 is 0. The van der Waals surface area contributed by atoms with Crippen LogP contribution in [-0.2, 0) is 11.3 Å². The van der Waals surface area contributed by atoms with E-state index >= 15 is 0 Å². The van der Waals surface area contributed by atoms with Gasteiger partial charge in [0, 0.05) is 25.6 Å². The number of urea groups is 1. The number of carboxylic acids is 1. The molecular weight excluding hydrogens is 448 g/mol. The highest BCUT2D eigenvalue weighted by Gasteiger charge is 2.16. The van der Waals surface area contributed by atoms with Gasteiger partial charge in [-0.05, 0) is 42.7 Å². The number of benzene rings is 2. The van der Waals surface area contributed by atoms with Crippen LogP contribution in [0.4, 0.5) is 10.5 Å². The number of carboxylic acid groups (broad SMARTS) is 1. The van der Waals surface area contributed by atoms with Gasteiger partial charge in [0.15, 0.2) is 0 Å². The maximum atomic E-state index is 13.2. The van der Waals surface area contributed by atoms with Crippen molar-refractivity contribution in [3.8, 4) is 17.2 Å². The Labute approximate surface area is 208 Å². The molecule has 192 valence electrons. The Balaban J connectivity index is 2.03. The van der Waals surface area contributed by atoms with Crippen molar-refractivity contribution in [3.05, 3.63) is 48.0 Å². The van der Waals surface area contributed by atoms with Gasteiger partial charge in [-0.25, -0.2) is 4.79 Å². The number of hydrogen-bond acceptors (Lipinski definition) is 5. The van der Waals surface area contributed by atoms with E-state index < -0.39 is 5.97 Å². The van der Waals surface area contributed by atoms with E-state index in [9.17, 15) is 9.59 Å². The van der Waals surface area contributed by atoms with Crippen molar-refractivity contribution >= 4 is 17.7 Å². The first-order valence-corrected chi connectivity index (χ1v) is 12.2. The fraction of sp³-hybridized carbons (Fsp3) is 0.481. The van der Waals surface area contributed by atoms with Gasteiger partial charge in [-0.3, -0.25) is 4.79 Å². The molecule has 8 heteroatoms. The Morgan fingerprint density at radius 2 is 1.63 bits per heavy atom. The molecule has 0 unspecified atom stereocenters. The number of aliphatic carboxylic acids is 1. The number of nitrogens with zero attached hydrogens (tertiary/aromatic N) is 1. The molecular formula is C27H38N2O6. The summed E-state index contributed by atoms with van der Waals surface area (Å²) < 4.78 is 16.3. The lowest BCUT2D eigenvalue weighted by Gasteiger charge is -2.24. The number of rotatable bonds is 16. The second-order valence-corrected chi connectivity index (χ2v) is 8.32. The van der Waals surface area contributed by atoms with Gasteiger partial charge in [0.05, 0.1) is 26.5 Å². The van der Waals surface area contributed by atoms with Crippen LogP contribution in [0.1, 0.15) is 57.4 Å². The van der Waals surface area contributed by atoms with Gasteiger partial charge in [-0.15, -0.1) is 0 Å². The highest BCUT2D eigenvalue weighted by molar-refractivity contribution is 5.91. The summed E-state index contributed by atoms with van der Waals surface area (Å²) in [4.78, 5) is 25.6. The third-order valence-corrected chi connectivity index (χ3v) is 5.57. The SMILES string of the molecule is CCCCCCCN(Cc1ccc(OCCCC(=O)O)cc1)C(=O)Nc1ccc(OC)cc1OC. The normalized spacial score (nSPS) is 10.5. The Kier molecular flexibility index (Phi) is 12.3. The number of anilines is 1. The average molecular weight is 487 g/mol. The van der Waals surface area contributed by atoms with E-state index in [4.69, 9.17) is 19.3 Å². The van der Waals surface area contributed by atoms with Crippen molar-refractivity contribution in [2.24, 2.45) is 0 Å². The van der Waals surface area contributed by atoms with E-state index in [2.05, 4.69) is 12.2 Å². The molecule has 0 fully saturated rings. The number of amides is 2. The van der Waals surface area contributed by atoms with E-state index in [1.165, 1.54) is 12.8 Å². The molecule has 0 aliphatic rings. The van der Waals surface area contributed by atoms with Gasteiger partial charge >= 0.3 is 12.0 Å². The summed E-state index contributed by atoms with van der Waals surface area (Å²) in [5, 5.41) is 11.7. The summed E-state index contributed by atoms with van der Waals surface area (Å²) in [7, 11) is 3.14. The van der Waals surface area contributed by atoms with E-state index in [0.717, 1.165) is 24.8 Å². The molecule has 2 aromatic carbocycles. The van der Waals surface area contributed by atoms with Crippen LogP contribution in [0, 0.1) is 0 Å². The first-order valence-electron chi connectivity index (χ1n) is 12.2. The molecule has 0 spiro atoms. The minimum atomic E-state index is -0.829. The summed E-state index contributed by atoms with van der Waals surface area (Å²) in [6, 6.07) is 12.6. The van der Waals surface area contributed by atoms with Crippen LogP contribution in [-0.4, -0.2) is 49.4 Å². The summed E-state index contributed by atoms with van der Waals surface area (Å²) in [6.45, 7) is 3.63. The van der Waals surface area contributed by atoms with Crippen LogP contribution < -0.4 is 19.5 Å². The zero-order chi connectivity index (χ0) is 25.5. The Morgan fingerprint density at radius 1 is 0.914 bits per heavy atom. The molecule has 0 atom stereocenters. The predicted molar refractivity (Wildman–Crippen MR) is 137 cm³/mol. The van der Waals surface area contributed by atoms with Crippen molar-refractivity contribution in [2.75, 3.05) is 32.7 Å². The molecule has 2 aromatic rings.